The maximum Gasteiger partial charge on any atom is 0.0571 e. The lowest BCUT2D eigenvalue weighted by Crippen LogP contribution is -2.27. The normalized spacial score (nSPS) is 23.4. The number of hydrogen-bond acceptors (Lipinski definition) is 2. The van der Waals surface area contributed by atoms with Gasteiger partial charge in [0.05, 0.1) is 5.38 Å². The van der Waals surface area contributed by atoms with Gasteiger partial charge in [-0.15, -0.1) is 11.6 Å². The molecule has 1 N–H and O–H groups in total. The summed E-state index contributed by atoms with van der Waals surface area (Å²) in [6.07, 6.45) is 4.36. The van der Waals surface area contributed by atoms with Crippen LogP contribution in [0.5, 0.6) is 0 Å². The quantitative estimate of drug-likeness (QED) is 0.641. The molecule has 0 spiro atoms. The van der Waals surface area contributed by atoms with E-state index in [2.05, 4.69) is 35.8 Å². The van der Waals surface area contributed by atoms with Gasteiger partial charge in [-0.2, -0.15) is 11.8 Å². The van der Waals surface area contributed by atoms with Crippen LogP contribution in [0.2, 0.25) is 0 Å². The highest BCUT2D eigenvalue weighted by molar-refractivity contribution is 7.98. The van der Waals surface area contributed by atoms with Crippen LogP contribution < -0.4 is 5.32 Å². The summed E-state index contributed by atoms with van der Waals surface area (Å²) in [6.45, 7) is 1.06. The first kappa shape index (κ1) is 12.3. The number of benzene rings is 1. The minimum absolute atomic E-state index is 0.215. The van der Waals surface area contributed by atoms with Crippen LogP contribution in [0.1, 0.15) is 23.6 Å². The lowest BCUT2D eigenvalue weighted by Gasteiger charge is -2.17. The van der Waals surface area contributed by atoms with E-state index in [1.165, 1.54) is 23.3 Å². The predicted molar refractivity (Wildman–Crippen MR) is 73.5 cm³/mol. The van der Waals surface area contributed by atoms with E-state index < -0.39 is 0 Å². The lowest BCUT2D eigenvalue weighted by molar-refractivity contribution is 0.536. The molecule has 2 unspecified atom stereocenters. The van der Waals surface area contributed by atoms with Gasteiger partial charge in [-0.3, -0.25) is 0 Å². The second-order valence-electron chi connectivity index (χ2n) is 4.20. The molecule has 0 aliphatic heterocycles. The van der Waals surface area contributed by atoms with Crippen LogP contribution in [0.3, 0.4) is 0 Å². The molecular weight excluding hydrogens is 238 g/mol. The van der Waals surface area contributed by atoms with Crippen molar-refractivity contribution in [3.05, 3.63) is 35.4 Å². The third-order valence-corrected chi connectivity index (χ3v) is 4.16. The minimum atomic E-state index is 0.215. The van der Waals surface area contributed by atoms with Gasteiger partial charge in [-0.1, -0.05) is 24.3 Å². The molecule has 0 saturated carbocycles. The van der Waals surface area contributed by atoms with Crippen molar-refractivity contribution >= 4 is 23.4 Å². The molecule has 1 aromatic carbocycles. The van der Waals surface area contributed by atoms with Crippen LogP contribution in [0, 0.1) is 0 Å². The number of nitrogens with one attached hydrogen (secondary N) is 1. The monoisotopic (exact) mass is 255 g/mol. The van der Waals surface area contributed by atoms with Crippen molar-refractivity contribution in [2.45, 2.75) is 24.3 Å². The third kappa shape index (κ3) is 2.73. The van der Waals surface area contributed by atoms with Crippen molar-refractivity contribution < 1.29 is 0 Å². The van der Waals surface area contributed by atoms with Gasteiger partial charge in [0.25, 0.3) is 0 Å². The molecule has 0 heterocycles. The van der Waals surface area contributed by atoms with Gasteiger partial charge < -0.3 is 5.32 Å². The van der Waals surface area contributed by atoms with Gasteiger partial charge in [-0.05, 0) is 42.5 Å². The Balaban J connectivity index is 1.94. The highest BCUT2D eigenvalue weighted by Gasteiger charge is 2.29. The number of rotatable bonds is 5. The van der Waals surface area contributed by atoms with E-state index in [1.54, 1.807) is 0 Å². The Morgan fingerprint density at radius 2 is 2.25 bits per heavy atom. The summed E-state index contributed by atoms with van der Waals surface area (Å²) in [4.78, 5) is 0. The first-order valence-corrected chi connectivity index (χ1v) is 7.60. The summed E-state index contributed by atoms with van der Waals surface area (Å²) in [6, 6.07) is 8.93. The number of hydrogen-bond donors (Lipinski definition) is 1. The fourth-order valence-electron chi connectivity index (χ4n) is 2.26. The fourth-order valence-corrected chi connectivity index (χ4v) is 3.08. The molecule has 2 atom stereocenters. The van der Waals surface area contributed by atoms with Crippen LogP contribution in [-0.2, 0) is 6.42 Å². The summed E-state index contributed by atoms with van der Waals surface area (Å²) in [5.74, 6) is 1.22. The second-order valence-corrected chi connectivity index (χ2v) is 5.74. The van der Waals surface area contributed by atoms with E-state index in [4.69, 9.17) is 11.6 Å². The third-order valence-electron chi connectivity index (χ3n) is 3.06. The molecule has 0 saturated heterocycles. The number of thioether (sulfide) groups is 1. The van der Waals surface area contributed by atoms with Crippen molar-refractivity contribution in [2.75, 3.05) is 18.6 Å². The molecule has 88 valence electrons. The molecule has 0 amide bonds. The van der Waals surface area contributed by atoms with E-state index in [-0.39, 0.29) is 5.38 Å². The Hall–Kier alpha value is -0.180. The van der Waals surface area contributed by atoms with Gasteiger partial charge in [0.2, 0.25) is 0 Å². The van der Waals surface area contributed by atoms with Gasteiger partial charge in [0.1, 0.15) is 0 Å². The summed E-state index contributed by atoms with van der Waals surface area (Å²) < 4.78 is 0. The van der Waals surface area contributed by atoms with Gasteiger partial charge in [0, 0.05) is 6.04 Å². The smallest absolute Gasteiger partial charge is 0.0571 e. The van der Waals surface area contributed by atoms with Crippen molar-refractivity contribution in [1.82, 2.24) is 5.32 Å². The molecule has 16 heavy (non-hydrogen) atoms. The van der Waals surface area contributed by atoms with Crippen molar-refractivity contribution in [3.8, 4) is 0 Å². The Morgan fingerprint density at radius 3 is 3.06 bits per heavy atom. The fraction of sp³-hybridized carbons (Fsp3) is 0.538. The SMILES string of the molecule is CSCCCNC1c2ccccc2CC1Cl. The predicted octanol–water partition coefficient (Wildman–Crippen LogP) is 3.23. The van der Waals surface area contributed by atoms with Crippen LogP contribution in [0.25, 0.3) is 0 Å². The molecule has 1 aromatic rings. The molecule has 0 bridgehead atoms. The topological polar surface area (TPSA) is 12.0 Å². The minimum Gasteiger partial charge on any atom is -0.309 e. The van der Waals surface area contributed by atoms with Gasteiger partial charge in [0.15, 0.2) is 0 Å². The van der Waals surface area contributed by atoms with E-state index in [1.807, 2.05) is 11.8 Å². The largest absolute Gasteiger partial charge is 0.309 e. The van der Waals surface area contributed by atoms with Crippen LogP contribution in [0.15, 0.2) is 24.3 Å². The maximum absolute atomic E-state index is 6.39. The van der Waals surface area contributed by atoms with Gasteiger partial charge in [-0.25, -0.2) is 0 Å². The Bertz CT molecular complexity index is 342. The van der Waals surface area contributed by atoms with Crippen LogP contribution in [0.4, 0.5) is 0 Å². The summed E-state index contributed by atoms with van der Waals surface area (Å²) >= 11 is 8.29. The van der Waals surface area contributed by atoms with Crippen molar-refractivity contribution in [2.24, 2.45) is 0 Å². The first-order valence-electron chi connectivity index (χ1n) is 5.77. The second kappa shape index (κ2) is 5.95. The molecule has 0 fully saturated rings. The average molecular weight is 256 g/mol. The van der Waals surface area contributed by atoms with E-state index in [0.717, 1.165) is 13.0 Å². The molecule has 3 heteroatoms. The first-order chi connectivity index (χ1) is 7.83. The Morgan fingerprint density at radius 1 is 1.44 bits per heavy atom. The molecule has 2 rings (SSSR count). The van der Waals surface area contributed by atoms with E-state index in [0.29, 0.717) is 6.04 Å². The lowest BCUT2D eigenvalue weighted by atomic mass is 10.1. The van der Waals surface area contributed by atoms with Crippen molar-refractivity contribution in [1.29, 1.82) is 0 Å². The highest BCUT2D eigenvalue weighted by Crippen LogP contribution is 2.34. The molecule has 0 aromatic heterocycles. The molecular formula is C13H18ClNS. The number of fused-ring (bicyclic) bond motifs is 1. The standard InChI is InChI=1S/C13H18ClNS/c1-16-8-4-7-15-13-11-6-3-2-5-10(11)9-12(13)14/h2-3,5-6,12-13,15H,4,7-9H2,1H3. The highest BCUT2D eigenvalue weighted by atomic mass is 35.5. The zero-order valence-electron chi connectivity index (χ0n) is 9.58. The Kier molecular flexibility index (Phi) is 4.56. The summed E-state index contributed by atoms with van der Waals surface area (Å²) in [5, 5.41) is 3.79. The molecule has 0 radical (unpaired) electrons. The summed E-state index contributed by atoms with van der Waals surface area (Å²) in [5.41, 5.74) is 2.80. The number of alkyl halides is 1. The average Bonchev–Trinajstić information content (AvgIpc) is 2.61. The van der Waals surface area contributed by atoms with E-state index in [9.17, 15) is 0 Å². The summed E-state index contributed by atoms with van der Waals surface area (Å²) in [7, 11) is 0. The van der Waals surface area contributed by atoms with Crippen LogP contribution >= 0.6 is 23.4 Å². The zero-order chi connectivity index (χ0) is 11.4. The van der Waals surface area contributed by atoms with Gasteiger partial charge >= 0.3 is 0 Å². The van der Waals surface area contributed by atoms with Crippen LogP contribution in [-0.4, -0.2) is 23.9 Å². The molecule has 1 aliphatic carbocycles. The molecule has 1 nitrogen and oxygen atoms in total. The van der Waals surface area contributed by atoms with Crippen molar-refractivity contribution in [3.63, 3.8) is 0 Å². The Labute approximate surface area is 107 Å². The maximum atomic E-state index is 6.39. The zero-order valence-corrected chi connectivity index (χ0v) is 11.2. The van der Waals surface area contributed by atoms with E-state index >= 15 is 0 Å². The molecule has 1 aliphatic rings. The number of halogens is 1.